The highest BCUT2D eigenvalue weighted by atomic mass is 32.2. The predicted octanol–water partition coefficient (Wildman–Crippen LogP) is 4.43. The van der Waals surface area contributed by atoms with Gasteiger partial charge in [0.1, 0.15) is 5.82 Å². The molecular weight excluding hydrogens is 365 g/mol. The van der Waals surface area contributed by atoms with E-state index in [-0.39, 0.29) is 11.4 Å². The lowest BCUT2D eigenvalue weighted by Crippen LogP contribution is -2.35. The van der Waals surface area contributed by atoms with Gasteiger partial charge in [0.25, 0.3) is 0 Å². The number of para-hydroxylation sites is 2. The lowest BCUT2D eigenvalue weighted by molar-refractivity contribution is -0.117. The molecule has 0 saturated carbocycles. The van der Waals surface area contributed by atoms with Gasteiger partial charge >= 0.3 is 6.03 Å². The minimum absolute atomic E-state index is 0.0118. The number of amides is 3. The number of fused-ring (bicyclic) bond motifs is 1. The summed E-state index contributed by atoms with van der Waals surface area (Å²) in [5.74, 6) is -1.03. The van der Waals surface area contributed by atoms with Crippen molar-refractivity contribution in [1.82, 2.24) is 10.3 Å². The van der Waals surface area contributed by atoms with Crippen LogP contribution >= 0.6 is 11.8 Å². The molecule has 1 aromatic heterocycles. The topological polar surface area (TPSA) is 71.1 Å². The fraction of sp³-hybridized carbons (Fsp3) is 0.150. The molecule has 0 atom stereocenters. The largest absolute Gasteiger partial charge is 0.325 e. The number of hydrogen-bond acceptors (Lipinski definition) is 4. The summed E-state index contributed by atoms with van der Waals surface area (Å²) in [6.07, 6.45) is 0. The van der Waals surface area contributed by atoms with Crippen molar-refractivity contribution < 1.29 is 14.0 Å². The molecule has 5 nitrogen and oxygen atoms in total. The Balaban J connectivity index is 1.61. The second kappa shape index (κ2) is 8.18. The maximum atomic E-state index is 13.5. The molecule has 0 saturated heterocycles. The number of nitrogens with one attached hydrogen (secondary N) is 2. The highest BCUT2D eigenvalue weighted by Crippen LogP contribution is 2.25. The normalized spacial score (nSPS) is 10.6. The highest BCUT2D eigenvalue weighted by Gasteiger charge is 2.12. The number of halogens is 1. The third kappa shape index (κ3) is 4.62. The van der Waals surface area contributed by atoms with E-state index in [4.69, 9.17) is 0 Å². The maximum absolute atomic E-state index is 13.5. The number of urea groups is 1. The van der Waals surface area contributed by atoms with E-state index >= 15 is 0 Å². The summed E-state index contributed by atoms with van der Waals surface area (Å²) in [5, 5.41) is 6.28. The van der Waals surface area contributed by atoms with Crippen LogP contribution < -0.4 is 10.6 Å². The Labute approximate surface area is 160 Å². The Bertz CT molecular complexity index is 1020. The molecule has 0 bridgehead atoms. The predicted molar refractivity (Wildman–Crippen MR) is 106 cm³/mol. The molecule has 0 unspecified atom stereocenters. The molecule has 0 fully saturated rings. The van der Waals surface area contributed by atoms with Gasteiger partial charge in [0.05, 0.1) is 22.0 Å². The van der Waals surface area contributed by atoms with Gasteiger partial charge in [-0.2, -0.15) is 0 Å². The molecular formula is C20H18FN3O2S. The maximum Gasteiger partial charge on any atom is 0.325 e. The zero-order chi connectivity index (χ0) is 19.4. The average molecular weight is 383 g/mol. The molecule has 3 amide bonds. The van der Waals surface area contributed by atoms with E-state index in [0.717, 1.165) is 22.0 Å². The summed E-state index contributed by atoms with van der Waals surface area (Å²) in [6, 6.07) is 12.9. The molecule has 2 aromatic carbocycles. The van der Waals surface area contributed by atoms with Crippen molar-refractivity contribution in [3.63, 3.8) is 0 Å². The van der Waals surface area contributed by atoms with Gasteiger partial charge in [-0.25, -0.2) is 14.2 Å². The molecule has 7 heteroatoms. The van der Waals surface area contributed by atoms with Gasteiger partial charge in [0.15, 0.2) is 0 Å². The number of carbonyl (C=O) groups is 2. The van der Waals surface area contributed by atoms with E-state index in [1.807, 2.05) is 38.1 Å². The number of thioether (sulfide) groups is 1. The summed E-state index contributed by atoms with van der Waals surface area (Å²) in [7, 11) is 0. The standard InChI is InChI=1S/C20H18FN3O2S/c1-12-6-5-7-14-13(2)10-18(24-19(12)14)27-11-17(25)23-20(26)22-16-9-4-3-8-15(16)21/h3-10H,11H2,1-2H3,(H2,22,23,25,26). The second-order valence-corrected chi connectivity index (χ2v) is 7.01. The molecule has 0 aliphatic carbocycles. The molecule has 1 heterocycles. The Morgan fingerprint density at radius 1 is 1.07 bits per heavy atom. The van der Waals surface area contributed by atoms with Crippen molar-refractivity contribution in [2.45, 2.75) is 18.9 Å². The van der Waals surface area contributed by atoms with Gasteiger partial charge in [0.2, 0.25) is 5.91 Å². The smallest absolute Gasteiger partial charge is 0.305 e. The number of aromatic nitrogens is 1. The first-order valence-electron chi connectivity index (χ1n) is 8.29. The van der Waals surface area contributed by atoms with Crippen LogP contribution in [0.1, 0.15) is 11.1 Å². The first-order chi connectivity index (χ1) is 12.9. The third-order valence-electron chi connectivity index (χ3n) is 3.95. The lowest BCUT2D eigenvalue weighted by Gasteiger charge is -2.09. The van der Waals surface area contributed by atoms with Crippen LogP contribution in [-0.2, 0) is 4.79 Å². The van der Waals surface area contributed by atoms with E-state index in [2.05, 4.69) is 15.6 Å². The summed E-state index contributed by atoms with van der Waals surface area (Å²) in [4.78, 5) is 28.4. The average Bonchev–Trinajstić information content (AvgIpc) is 2.63. The van der Waals surface area contributed by atoms with Crippen LogP contribution in [0, 0.1) is 19.7 Å². The van der Waals surface area contributed by atoms with E-state index in [9.17, 15) is 14.0 Å². The first-order valence-corrected chi connectivity index (χ1v) is 9.28. The van der Waals surface area contributed by atoms with Gasteiger partial charge in [-0.1, -0.05) is 42.1 Å². The second-order valence-electron chi connectivity index (χ2n) is 6.02. The number of benzene rings is 2. The number of carbonyl (C=O) groups excluding carboxylic acids is 2. The van der Waals surface area contributed by atoms with Crippen LogP contribution in [0.4, 0.5) is 14.9 Å². The number of hydrogen-bond donors (Lipinski definition) is 2. The number of aryl methyl sites for hydroxylation is 2. The van der Waals surface area contributed by atoms with Crippen molar-refractivity contribution in [1.29, 1.82) is 0 Å². The molecule has 27 heavy (non-hydrogen) atoms. The van der Waals surface area contributed by atoms with Crippen LogP contribution in [0.5, 0.6) is 0 Å². The van der Waals surface area contributed by atoms with E-state index in [0.29, 0.717) is 5.03 Å². The zero-order valence-corrected chi connectivity index (χ0v) is 15.7. The fourth-order valence-electron chi connectivity index (χ4n) is 2.62. The molecule has 138 valence electrons. The summed E-state index contributed by atoms with van der Waals surface area (Å²) in [6.45, 7) is 3.98. The van der Waals surface area contributed by atoms with Gasteiger partial charge in [-0.15, -0.1) is 0 Å². The monoisotopic (exact) mass is 383 g/mol. The molecule has 0 radical (unpaired) electrons. The summed E-state index contributed by atoms with van der Waals surface area (Å²) in [5.41, 5.74) is 3.05. The van der Waals surface area contributed by atoms with Crippen LogP contribution in [0.25, 0.3) is 10.9 Å². The van der Waals surface area contributed by atoms with Crippen molar-refractivity contribution in [3.05, 3.63) is 65.5 Å². The van der Waals surface area contributed by atoms with Crippen molar-refractivity contribution in [3.8, 4) is 0 Å². The van der Waals surface area contributed by atoms with E-state index in [1.165, 1.54) is 30.0 Å². The zero-order valence-electron chi connectivity index (χ0n) is 14.9. The molecule has 0 spiro atoms. The molecule has 3 aromatic rings. The SMILES string of the molecule is Cc1cc(SCC(=O)NC(=O)Nc2ccccc2F)nc2c(C)cccc12. The van der Waals surface area contributed by atoms with Gasteiger partial charge in [-0.05, 0) is 43.2 Å². The summed E-state index contributed by atoms with van der Waals surface area (Å²) < 4.78 is 13.5. The quantitative estimate of drug-likeness (QED) is 0.654. The number of anilines is 1. The van der Waals surface area contributed by atoms with Crippen LogP contribution in [0.15, 0.2) is 53.6 Å². The molecule has 3 rings (SSSR count). The molecule has 2 N–H and O–H groups in total. The minimum Gasteiger partial charge on any atom is -0.305 e. The number of imide groups is 1. The first kappa shape index (κ1) is 18.8. The van der Waals surface area contributed by atoms with Crippen molar-refractivity contribution in [2.75, 3.05) is 11.1 Å². The lowest BCUT2D eigenvalue weighted by atomic mass is 10.1. The highest BCUT2D eigenvalue weighted by molar-refractivity contribution is 7.99. The van der Waals surface area contributed by atoms with Gasteiger partial charge in [-0.3, -0.25) is 10.1 Å². The van der Waals surface area contributed by atoms with E-state index in [1.54, 1.807) is 6.07 Å². The van der Waals surface area contributed by atoms with Gasteiger partial charge in [0, 0.05) is 5.39 Å². The van der Waals surface area contributed by atoms with Gasteiger partial charge < -0.3 is 5.32 Å². The van der Waals surface area contributed by atoms with Crippen molar-refractivity contribution >= 4 is 40.3 Å². The Hall–Kier alpha value is -2.93. The van der Waals surface area contributed by atoms with Crippen LogP contribution in [-0.4, -0.2) is 22.7 Å². The number of pyridine rings is 1. The molecule has 0 aliphatic rings. The number of nitrogens with zero attached hydrogens (tertiary/aromatic N) is 1. The Morgan fingerprint density at radius 3 is 2.63 bits per heavy atom. The Kier molecular flexibility index (Phi) is 5.71. The third-order valence-corrected chi connectivity index (χ3v) is 4.86. The van der Waals surface area contributed by atoms with E-state index < -0.39 is 17.8 Å². The number of rotatable bonds is 4. The fourth-order valence-corrected chi connectivity index (χ4v) is 3.39. The van der Waals surface area contributed by atoms with Crippen LogP contribution in [0.3, 0.4) is 0 Å². The van der Waals surface area contributed by atoms with Crippen LogP contribution in [0.2, 0.25) is 0 Å². The summed E-state index contributed by atoms with van der Waals surface area (Å²) >= 11 is 1.24. The molecule has 0 aliphatic heterocycles. The Morgan fingerprint density at radius 2 is 1.85 bits per heavy atom. The minimum atomic E-state index is -0.774. The van der Waals surface area contributed by atoms with Crippen molar-refractivity contribution in [2.24, 2.45) is 0 Å².